The molecule has 0 bridgehead atoms. The van der Waals surface area contributed by atoms with E-state index in [1.54, 1.807) is 25.9 Å². The molecule has 1 fully saturated rings. The third-order valence-electron chi connectivity index (χ3n) is 5.88. The number of amides is 2. The lowest BCUT2D eigenvalue weighted by Crippen LogP contribution is -2.47. The summed E-state index contributed by atoms with van der Waals surface area (Å²) in [6.45, 7) is 3.08. The zero-order valence-corrected chi connectivity index (χ0v) is 21.2. The van der Waals surface area contributed by atoms with E-state index < -0.39 is 17.4 Å². The highest BCUT2D eigenvalue weighted by atomic mass is 32.7. The first kappa shape index (κ1) is 26.1. The molecule has 0 aliphatic carbocycles. The minimum Gasteiger partial charge on any atom is -0.497 e. The van der Waals surface area contributed by atoms with Crippen LogP contribution in [-0.4, -0.2) is 57.1 Å². The van der Waals surface area contributed by atoms with Crippen molar-refractivity contribution >= 4 is 29.5 Å². The van der Waals surface area contributed by atoms with Crippen LogP contribution in [0.2, 0.25) is 0 Å². The molecule has 3 N–H and O–H groups in total. The summed E-state index contributed by atoms with van der Waals surface area (Å²) in [5.74, 6) is 0.772. The van der Waals surface area contributed by atoms with Crippen molar-refractivity contribution in [1.29, 1.82) is 0 Å². The first-order valence-corrected chi connectivity index (χ1v) is 14.6. The van der Waals surface area contributed by atoms with Gasteiger partial charge in [0.2, 0.25) is 11.8 Å². The van der Waals surface area contributed by atoms with E-state index in [9.17, 15) is 14.2 Å². The van der Waals surface area contributed by atoms with Gasteiger partial charge >= 0.3 is 0 Å². The Morgan fingerprint density at radius 2 is 1.71 bits per heavy atom. The quantitative estimate of drug-likeness (QED) is 0.354. The number of carbonyl (C=O) groups excluding carboxylic acids is 2. The van der Waals surface area contributed by atoms with Gasteiger partial charge in [-0.3, -0.25) is 9.59 Å². The predicted molar refractivity (Wildman–Crippen MR) is 133 cm³/mol. The zero-order valence-electron chi connectivity index (χ0n) is 19.5. The van der Waals surface area contributed by atoms with Crippen LogP contribution in [0, 0.1) is 0 Å². The van der Waals surface area contributed by atoms with Gasteiger partial charge in [0.1, 0.15) is 23.3 Å². The molecule has 8 nitrogen and oxygen atoms in total. The van der Waals surface area contributed by atoms with Crippen LogP contribution < -0.4 is 20.5 Å². The molecule has 2 aromatic rings. The first-order valence-electron chi connectivity index (χ1n) is 11.0. The molecule has 1 aliphatic heterocycles. The Hall–Kier alpha value is -2.48. The SMILES string of the molecule is COc1ccc(CC(=O)NCCOc2ccc(SP(C)(=O)C3(C(N)=O)CCOCC3)cc2)cc1. The lowest BCUT2D eigenvalue weighted by molar-refractivity contribution is -0.123. The Bertz CT molecular complexity index is 1020. The number of primary amides is 1. The van der Waals surface area contributed by atoms with Crippen molar-refractivity contribution < 1.29 is 28.4 Å². The highest BCUT2D eigenvalue weighted by molar-refractivity contribution is 8.58. The summed E-state index contributed by atoms with van der Waals surface area (Å²) in [5, 5.41) is 1.79. The second-order valence-corrected chi connectivity index (χ2v) is 14.0. The number of benzene rings is 2. The van der Waals surface area contributed by atoms with E-state index >= 15 is 0 Å². The molecule has 1 unspecified atom stereocenters. The lowest BCUT2D eigenvalue weighted by Gasteiger charge is -2.38. The van der Waals surface area contributed by atoms with Gasteiger partial charge in [0, 0.05) is 18.1 Å². The number of rotatable bonds is 11. The molecule has 10 heteroatoms. The van der Waals surface area contributed by atoms with Gasteiger partial charge in [-0.05, 0) is 61.5 Å². The van der Waals surface area contributed by atoms with Gasteiger partial charge < -0.3 is 29.8 Å². The van der Waals surface area contributed by atoms with Crippen molar-refractivity contribution in [3.8, 4) is 11.5 Å². The maximum Gasteiger partial charge on any atom is 0.232 e. The fourth-order valence-electron chi connectivity index (χ4n) is 3.80. The smallest absolute Gasteiger partial charge is 0.232 e. The first-order chi connectivity index (χ1) is 16.3. The maximum absolute atomic E-state index is 13.6. The van der Waals surface area contributed by atoms with Gasteiger partial charge in [-0.1, -0.05) is 23.5 Å². The van der Waals surface area contributed by atoms with Crippen LogP contribution in [0.5, 0.6) is 11.5 Å². The van der Waals surface area contributed by atoms with Crippen molar-refractivity contribution in [3.63, 3.8) is 0 Å². The maximum atomic E-state index is 13.6. The van der Waals surface area contributed by atoms with Crippen molar-refractivity contribution in [1.82, 2.24) is 5.32 Å². The van der Waals surface area contributed by atoms with Crippen molar-refractivity contribution in [2.75, 3.05) is 40.1 Å². The van der Waals surface area contributed by atoms with Crippen LogP contribution >= 0.6 is 17.7 Å². The average molecular weight is 507 g/mol. The molecule has 34 heavy (non-hydrogen) atoms. The molecule has 2 aromatic carbocycles. The highest BCUT2D eigenvalue weighted by Crippen LogP contribution is 2.70. The molecule has 0 aromatic heterocycles. The standard InChI is InChI=1S/C24H31N2O6PS/c1-30-19-5-3-18(4-6-19)17-22(27)26-13-16-32-20-7-9-21(10-8-20)34-33(2,29)24(23(25)28)11-14-31-15-12-24/h3-10H,11-17H2,1-2H3,(H2,25,28)(H,26,27). The van der Waals surface area contributed by atoms with Crippen molar-refractivity contribution in [3.05, 3.63) is 54.1 Å². The van der Waals surface area contributed by atoms with Crippen LogP contribution in [-0.2, 0) is 25.3 Å². The minimum absolute atomic E-state index is 0.0873. The Morgan fingerprint density at radius 3 is 2.29 bits per heavy atom. The summed E-state index contributed by atoms with van der Waals surface area (Å²) < 4.78 is 29.7. The monoisotopic (exact) mass is 506 g/mol. The topological polar surface area (TPSA) is 117 Å². The Morgan fingerprint density at radius 1 is 1.09 bits per heavy atom. The van der Waals surface area contributed by atoms with Gasteiger partial charge in [0.25, 0.3) is 0 Å². The summed E-state index contributed by atoms with van der Waals surface area (Å²) in [6, 6.07) is 14.5. The second kappa shape index (κ2) is 11.8. The van der Waals surface area contributed by atoms with Crippen LogP contribution in [0.25, 0.3) is 0 Å². The molecule has 3 rings (SSSR count). The summed E-state index contributed by atoms with van der Waals surface area (Å²) in [7, 11) is 1.60. The number of carbonyl (C=O) groups is 2. The number of hydrogen-bond donors (Lipinski definition) is 2. The molecule has 0 spiro atoms. The Kier molecular flexibility index (Phi) is 9.05. The number of hydrogen-bond acceptors (Lipinski definition) is 7. The largest absolute Gasteiger partial charge is 0.497 e. The Balaban J connectivity index is 1.45. The van der Waals surface area contributed by atoms with Gasteiger partial charge in [0.05, 0.1) is 20.1 Å². The zero-order chi connectivity index (χ0) is 24.6. The molecule has 1 heterocycles. The molecule has 1 aliphatic rings. The summed E-state index contributed by atoms with van der Waals surface area (Å²) in [4.78, 5) is 25.1. The van der Waals surface area contributed by atoms with E-state index in [1.807, 2.05) is 36.4 Å². The van der Waals surface area contributed by atoms with Crippen LogP contribution in [0.1, 0.15) is 18.4 Å². The fraction of sp³-hybridized carbons (Fsp3) is 0.417. The molecule has 1 atom stereocenters. The predicted octanol–water partition coefficient (Wildman–Crippen LogP) is 3.47. The number of nitrogens with one attached hydrogen (secondary N) is 1. The van der Waals surface area contributed by atoms with E-state index in [0.717, 1.165) is 16.2 Å². The van der Waals surface area contributed by atoms with Crippen molar-refractivity contribution in [2.45, 2.75) is 29.3 Å². The second-order valence-electron chi connectivity index (χ2n) is 8.14. The van der Waals surface area contributed by atoms with Crippen LogP contribution in [0.3, 0.4) is 0 Å². The highest BCUT2D eigenvalue weighted by Gasteiger charge is 2.51. The summed E-state index contributed by atoms with van der Waals surface area (Å²) in [5.41, 5.74) is 6.58. The average Bonchev–Trinajstić information content (AvgIpc) is 2.83. The third-order valence-corrected chi connectivity index (χ3v) is 11.7. The van der Waals surface area contributed by atoms with E-state index in [2.05, 4.69) is 5.32 Å². The normalized spacial score (nSPS) is 16.8. The summed E-state index contributed by atoms with van der Waals surface area (Å²) in [6.07, 6.45) is -1.97. The van der Waals surface area contributed by atoms with Gasteiger partial charge in [-0.25, -0.2) is 0 Å². The van der Waals surface area contributed by atoms with E-state index in [-0.39, 0.29) is 12.3 Å². The Labute approximate surface area is 204 Å². The van der Waals surface area contributed by atoms with Gasteiger partial charge in [-0.15, -0.1) is 0 Å². The number of methoxy groups -OCH3 is 1. The third kappa shape index (κ3) is 6.56. The fourth-order valence-corrected chi connectivity index (χ4v) is 8.94. The molecule has 0 radical (unpaired) electrons. The van der Waals surface area contributed by atoms with E-state index in [1.165, 1.54) is 11.4 Å². The molecular weight excluding hydrogens is 475 g/mol. The lowest BCUT2D eigenvalue weighted by atomic mass is 9.98. The molecular formula is C24H31N2O6PS. The molecule has 0 saturated carbocycles. The van der Waals surface area contributed by atoms with Gasteiger partial charge in [0.15, 0.2) is 6.34 Å². The minimum atomic E-state index is -3.00. The van der Waals surface area contributed by atoms with Crippen LogP contribution in [0.4, 0.5) is 0 Å². The van der Waals surface area contributed by atoms with Crippen molar-refractivity contribution in [2.24, 2.45) is 5.73 Å². The number of nitrogens with two attached hydrogens (primary N) is 1. The van der Waals surface area contributed by atoms with E-state index in [4.69, 9.17) is 19.9 Å². The molecule has 184 valence electrons. The van der Waals surface area contributed by atoms with Gasteiger partial charge in [-0.2, -0.15) is 0 Å². The van der Waals surface area contributed by atoms with E-state index in [0.29, 0.717) is 45.0 Å². The summed E-state index contributed by atoms with van der Waals surface area (Å²) >= 11 is 1.20. The van der Waals surface area contributed by atoms with Crippen LogP contribution in [0.15, 0.2) is 53.4 Å². The molecule has 2 amide bonds. The number of ether oxygens (including phenoxy) is 3. The molecule has 1 saturated heterocycles.